The second-order valence-electron chi connectivity index (χ2n) is 6.14. The summed E-state index contributed by atoms with van der Waals surface area (Å²) >= 11 is 5.83. The average molecular weight is 428 g/mol. The molecule has 0 radical (unpaired) electrons. The van der Waals surface area contributed by atoms with Crippen LogP contribution in [0.2, 0.25) is 5.02 Å². The van der Waals surface area contributed by atoms with Gasteiger partial charge in [-0.1, -0.05) is 41.9 Å². The zero-order chi connectivity index (χ0) is 20.9. The van der Waals surface area contributed by atoms with Gasteiger partial charge in [0.25, 0.3) is 15.9 Å². The number of hydrogen-bond acceptors (Lipinski definition) is 4. The van der Waals surface area contributed by atoms with E-state index in [-0.39, 0.29) is 10.8 Å². The van der Waals surface area contributed by atoms with Crippen molar-refractivity contribution in [2.45, 2.75) is 11.8 Å². The minimum atomic E-state index is -3.73. The molecule has 0 spiro atoms. The predicted octanol–water partition coefficient (Wildman–Crippen LogP) is 4.29. The van der Waals surface area contributed by atoms with E-state index in [0.29, 0.717) is 27.5 Å². The Kier molecular flexibility index (Phi) is 6.31. The first-order valence-electron chi connectivity index (χ1n) is 8.64. The van der Waals surface area contributed by atoms with Crippen molar-refractivity contribution in [3.63, 3.8) is 0 Å². The standard InChI is InChI=1S/C21H18ClN3O3S/c1-15(24-25-29(27,28)20-5-3-2-4-6-20)16-9-13-19(14-10-16)23-21(26)17-7-11-18(22)12-8-17/h2-14,25H,1H3,(H,23,26). The smallest absolute Gasteiger partial charge is 0.276 e. The Morgan fingerprint density at radius 1 is 0.862 bits per heavy atom. The lowest BCUT2D eigenvalue weighted by Crippen LogP contribution is -2.19. The lowest BCUT2D eigenvalue weighted by molar-refractivity contribution is 0.102. The average Bonchev–Trinajstić information content (AvgIpc) is 2.73. The quantitative estimate of drug-likeness (QED) is 0.454. The van der Waals surface area contributed by atoms with Gasteiger partial charge in [0.1, 0.15) is 0 Å². The van der Waals surface area contributed by atoms with Crippen LogP contribution >= 0.6 is 11.6 Å². The number of amides is 1. The summed E-state index contributed by atoms with van der Waals surface area (Å²) < 4.78 is 24.5. The molecule has 6 nitrogen and oxygen atoms in total. The fourth-order valence-electron chi connectivity index (χ4n) is 2.44. The van der Waals surface area contributed by atoms with Crippen LogP contribution in [0.5, 0.6) is 0 Å². The highest BCUT2D eigenvalue weighted by atomic mass is 35.5. The highest BCUT2D eigenvalue weighted by Gasteiger charge is 2.12. The topological polar surface area (TPSA) is 87.6 Å². The minimum Gasteiger partial charge on any atom is -0.322 e. The van der Waals surface area contributed by atoms with Gasteiger partial charge in [-0.3, -0.25) is 4.79 Å². The zero-order valence-electron chi connectivity index (χ0n) is 15.5. The van der Waals surface area contributed by atoms with Crippen LogP contribution in [0, 0.1) is 0 Å². The van der Waals surface area contributed by atoms with Gasteiger partial charge >= 0.3 is 0 Å². The molecule has 148 valence electrons. The molecule has 3 rings (SSSR count). The second kappa shape index (κ2) is 8.89. The monoisotopic (exact) mass is 427 g/mol. The molecule has 0 saturated heterocycles. The van der Waals surface area contributed by atoms with Gasteiger partial charge in [0.2, 0.25) is 0 Å². The van der Waals surface area contributed by atoms with Gasteiger partial charge in [0.15, 0.2) is 0 Å². The third-order valence-electron chi connectivity index (χ3n) is 4.05. The zero-order valence-corrected chi connectivity index (χ0v) is 17.0. The van der Waals surface area contributed by atoms with Crippen LogP contribution in [0.3, 0.4) is 0 Å². The number of carbonyl (C=O) groups is 1. The van der Waals surface area contributed by atoms with Gasteiger partial charge in [-0.25, -0.2) is 0 Å². The van der Waals surface area contributed by atoms with E-state index in [0.717, 1.165) is 0 Å². The SMILES string of the molecule is CC(=NNS(=O)(=O)c1ccccc1)c1ccc(NC(=O)c2ccc(Cl)cc2)cc1. The van der Waals surface area contributed by atoms with Crippen LogP contribution in [0.1, 0.15) is 22.8 Å². The molecule has 0 fully saturated rings. The van der Waals surface area contributed by atoms with Crippen molar-refractivity contribution in [3.8, 4) is 0 Å². The molecule has 0 bridgehead atoms. The molecule has 0 aliphatic heterocycles. The molecule has 3 aromatic rings. The lowest BCUT2D eigenvalue weighted by atomic mass is 10.1. The second-order valence-corrected chi connectivity index (χ2v) is 8.24. The van der Waals surface area contributed by atoms with Gasteiger partial charge < -0.3 is 5.32 Å². The predicted molar refractivity (Wildman–Crippen MR) is 115 cm³/mol. The molecule has 0 aromatic heterocycles. The summed E-state index contributed by atoms with van der Waals surface area (Å²) in [7, 11) is -3.73. The summed E-state index contributed by atoms with van der Waals surface area (Å²) in [6.07, 6.45) is 0. The number of hydrogen-bond donors (Lipinski definition) is 2. The molecule has 0 saturated carbocycles. The largest absolute Gasteiger partial charge is 0.322 e. The van der Waals surface area contributed by atoms with Crippen molar-refractivity contribution in [3.05, 3.63) is 95.0 Å². The Balaban J connectivity index is 1.67. The maximum atomic E-state index is 12.2. The van der Waals surface area contributed by atoms with E-state index in [1.807, 2.05) is 0 Å². The van der Waals surface area contributed by atoms with E-state index in [1.54, 1.807) is 73.7 Å². The van der Waals surface area contributed by atoms with Crippen LogP contribution in [-0.4, -0.2) is 20.0 Å². The Morgan fingerprint density at radius 3 is 2.07 bits per heavy atom. The number of sulfonamides is 1. The summed E-state index contributed by atoms with van der Waals surface area (Å²) in [5, 5.41) is 7.31. The molecule has 0 heterocycles. The summed E-state index contributed by atoms with van der Waals surface area (Å²) in [4.78, 5) is 14.6. The van der Waals surface area contributed by atoms with E-state index in [4.69, 9.17) is 11.6 Å². The maximum Gasteiger partial charge on any atom is 0.276 e. The molecule has 0 atom stereocenters. The Hall–Kier alpha value is -3.16. The molecule has 1 amide bonds. The first-order chi connectivity index (χ1) is 13.8. The molecule has 8 heteroatoms. The number of carbonyl (C=O) groups excluding carboxylic acids is 1. The fourth-order valence-corrected chi connectivity index (χ4v) is 3.45. The van der Waals surface area contributed by atoms with E-state index in [2.05, 4.69) is 15.2 Å². The van der Waals surface area contributed by atoms with Crippen molar-refractivity contribution in [2.75, 3.05) is 5.32 Å². The van der Waals surface area contributed by atoms with Gasteiger partial charge in [-0.2, -0.15) is 18.4 Å². The molecule has 29 heavy (non-hydrogen) atoms. The summed E-state index contributed by atoms with van der Waals surface area (Å²) in [5.41, 5.74) is 2.29. The first kappa shape index (κ1) is 20.6. The van der Waals surface area contributed by atoms with Crippen LogP contribution in [0.15, 0.2) is 88.9 Å². The molecular formula is C21H18ClN3O3S. The number of anilines is 1. The first-order valence-corrected chi connectivity index (χ1v) is 10.5. The van der Waals surface area contributed by atoms with Crippen molar-refractivity contribution in [1.29, 1.82) is 0 Å². The van der Waals surface area contributed by atoms with Crippen LogP contribution in [0.25, 0.3) is 0 Å². The van der Waals surface area contributed by atoms with Gasteiger partial charge in [0, 0.05) is 16.3 Å². The number of benzene rings is 3. The number of nitrogens with zero attached hydrogens (tertiary/aromatic N) is 1. The Bertz CT molecular complexity index is 1130. The third kappa shape index (κ3) is 5.43. The molecule has 0 aliphatic rings. The molecule has 3 aromatic carbocycles. The molecule has 2 N–H and O–H groups in total. The van der Waals surface area contributed by atoms with E-state index >= 15 is 0 Å². The number of rotatable bonds is 6. The lowest BCUT2D eigenvalue weighted by Gasteiger charge is -2.08. The third-order valence-corrected chi connectivity index (χ3v) is 5.53. The van der Waals surface area contributed by atoms with Gasteiger partial charge in [-0.05, 0) is 61.0 Å². The van der Waals surface area contributed by atoms with Crippen LogP contribution < -0.4 is 10.1 Å². The maximum absolute atomic E-state index is 12.2. The minimum absolute atomic E-state index is 0.136. The van der Waals surface area contributed by atoms with Crippen molar-refractivity contribution in [1.82, 2.24) is 4.83 Å². The summed E-state index contributed by atoms with van der Waals surface area (Å²) in [6, 6.07) is 21.5. The van der Waals surface area contributed by atoms with E-state index in [1.165, 1.54) is 12.1 Å². The fraction of sp³-hybridized carbons (Fsp3) is 0.0476. The Labute approximate surface area is 174 Å². The van der Waals surface area contributed by atoms with Crippen LogP contribution in [0.4, 0.5) is 5.69 Å². The van der Waals surface area contributed by atoms with Crippen LogP contribution in [-0.2, 0) is 10.0 Å². The Morgan fingerprint density at radius 2 is 1.45 bits per heavy atom. The highest BCUT2D eigenvalue weighted by molar-refractivity contribution is 7.89. The van der Waals surface area contributed by atoms with Gasteiger partial charge in [0.05, 0.1) is 10.6 Å². The summed E-state index contributed by atoms with van der Waals surface area (Å²) in [5.74, 6) is -0.254. The molecular weight excluding hydrogens is 410 g/mol. The van der Waals surface area contributed by atoms with E-state index in [9.17, 15) is 13.2 Å². The molecule has 0 aliphatic carbocycles. The van der Waals surface area contributed by atoms with Gasteiger partial charge in [-0.15, -0.1) is 0 Å². The normalized spacial score (nSPS) is 11.7. The van der Waals surface area contributed by atoms with Crippen molar-refractivity contribution >= 4 is 38.9 Å². The highest BCUT2D eigenvalue weighted by Crippen LogP contribution is 2.14. The number of hydrazone groups is 1. The number of nitrogens with one attached hydrogen (secondary N) is 2. The summed E-state index contributed by atoms with van der Waals surface area (Å²) in [6.45, 7) is 1.69. The van der Waals surface area contributed by atoms with Crippen molar-refractivity contribution < 1.29 is 13.2 Å². The number of halogens is 1. The van der Waals surface area contributed by atoms with Crippen molar-refractivity contribution in [2.24, 2.45) is 5.10 Å². The van der Waals surface area contributed by atoms with E-state index < -0.39 is 10.0 Å². The molecule has 0 unspecified atom stereocenters.